The first kappa shape index (κ1) is 57.5. The molecule has 0 heterocycles. The Morgan fingerprint density at radius 1 is 0.750 bits per heavy atom. The molecule has 0 aliphatic rings. The van der Waals surface area contributed by atoms with E-state index in [0.717, 1.165) is 0 Å². The Balaban J connectivity index is 0. The van der Waals surface area contributed by atoms with E-state index >= 15 is 0 Å². The molecule has 1 radical (unpaired) electrons. The van der Waals surface area contributed by atoms with Crippen molar-refractivity contribution in [2.45, 2.75) is 0 Å². The second kappa shape index (κ2) is 27.5. The van der Waals surface area contributed by atoms with E-state index in [9.17, 15) is 0 Å². The van der Waals surface area contributed by atoms with Crippen molar-refractivity contribution in [3.63, 3.8) is 0 Å². The third-order valence-electron chi connectivity index (χ3n) is 0. The van der Waals surface area contributed by atoms with Crippen LogP contribution < -0.4 is 0 Å². The van der Waals surface area contributed by atoms with Gasteiger partial charge in [0.2, 0.25) is 0 Å². The molecule has 0 aromatic rings. The van der Waals surface area contributed by atoms with Crippen LogP contribution in [0.5, 0.6) is 0 Å². The molecular formula is H7CuInO2. The molecule has 33 valence electrons. The second-order valence-electron chi connectivity index (χ2n) is 0. The molecule has 4 N–H and O–H groups in total. The van der Waals surface area contributed by atoms with Crippen molar-refractivity contribution < 1.29 is 28.0 Å². The molecule has 0 unspecified atom stereocenters. The van der Waals surface area contributed by atoms with Gasteiger partial charge in [0.15, 0.2) is 0 Å². The number of hydrogen-bond donors (Lipinski definition) is 0. The molecule has 0 fully saturated rings. The zero-order valence-corrected chi connectivity index (χ0v) is 2.24. The Hall–Kier alpha value is 1.31. The first-order valence-electron chi connectivity index (χ1n) is 0. The average Bonchev–Trinajstić information content (AvgIpc) is 0. The summed E-state index contributed by atoms with van der Waals surface area (Å²) in [6.45, 7) is 0. The fourth-order valence-corrected chi connectivity index (χ4v) is 0. The summed E-state index contributed by atoms with van der Waals surface area (Å²) in [6, 6.07) is 0. The van der Waals surface area contributed by atoms with Gasteiger partial charge < -0.3 is 11.0 Å². The van der Waals surface area contributed by atoms with E-state index in [0.29, 0.717) is 0 Å². The zero-order chi connectivity index (χ0) is 0. The maximum atomic E-state index is 0. The van der Waals surface area contributed by atoms with E-state index in [4.69, 9.17) is 0 Å². The Morgan fingerprint density at radius 2 is 0.750 bits per heavy atom. The van der Waals surface area contributed by atoms with E-state index in [1.807, 2.05) is 0 Å². The minimum absolute atomic E-state index is 0. The van der Waals surface area contributed by atoms with Crippen LogP contribution in [-0.4, -0.2) is 36.8 Å². The Bertz CT molecular complexity index is 6.00. The van der Waals surface area contributed by atoms with Crippen LogP contribution >= 0.6 is 0 Å². The van der Waals surface area contributed by atoms with Gasteiger partial charge in [-0.05, 0) is 0 Å². The first-order valence-corrected chi connectivity index (χ1v) is 0. The van der Waals surface area contributed by atoms with Gasteiger partial charge in [0.05, 0.1) is 0 Å². The van der Waals surface area contributed by atoms with Crippen LogP contribution in [0.3, 0.4) is 0 Å². The monoisotopic (exact) mass is 217 g/mol. The summed E-state index contributed by atoms with van der Waals surface area (Å²) in [5.41, 5.74) is 0. The molecule has 0 saturated heterocycles. The fourth-order valence-electron chi connectivity index (χ4n) is 0. The van der Waals surface area contributed by atoms with E-state index in [1.165, 1.54) is 0 Å². The predicted octanol–water partition coefficient (Wildman–Crippen LogP) is -2.84. The van der Waals surface area contributed by atoms with E-state index in [-0.39, 0.29) is 53.9 Å². The summed E-state index contributed by atoms with van der Waals surface area (Å²) in [5.74, 6) is 0. The standard InChI is InChI=1S/Cu.In.2H2O.3H/h;;2*1H2;;;. The summed E-state index contributed by atoms with van der Waals surface area (Å²) < 4.78 is 0. The summed E-state index contributed by atoms with van der Waals surface area (Å²) in [4.78, 5) is 0. The van der Waals surface area contributed by atoms with E-state index in [1.54, 1.807) is 0 Å². The molecule has 0 amide bonds. The quantitative estimate of drug-likeness (QED) is 0.393. The molecule has 0 rings (SSSR count). The molecule has 0 spiro atoms. The van der Waals surface area contributed by atoms with Crippen LogP contribution in [-0.2, 0) is 17.1 Å². The van der Waals surface area contributed by atoms with Crippen molar-refractivity contribution in [1.29, 1.82) is 0 Å². The molecule has 0 aliphatic heterocycles. The van der Waals surface area contributed by atoms with Gasteiger partial charge in [-0.15, -0.1) is 0 Å². The van der Waals surface area contributed by atoms with Crippen molar-refractivity contribution in [3.8, 4) is 0 Å². The summed E-state index contributed by atoms with van der Waals surface area (Å²) in [5, 5.41) is 0. The zero-order valence-electron chi connectivity index (χ0n) is 1.30. The molecule has 2 nitrogen and oxygen atoms in total. The van der Waals surface area contributed by atoms with Crippen LogP contribution in [0.15, 0.2) is 0 Å². The van der Waals surface area contributed by atoms with Crippen LogP contribution in [0.1, 0.15) is 0 Å². The van der Waals surface area contributed by atoms with Crippen molar-refractivity contribution in [2.24, 2.45) is 0 Å². The number of rotatable bonds is 0. The van der Waals surface area contributed by atoms with Crippen LogP contribution in [0.2, 0.25) is 0 Å². The van der Waals surface area contributed by atoms with Gasteiger partial charge in [-0.25, -0.2) is 0 Å². The van der Waals surface area contributed by atoms with Crippen molar-refractivity contribution in [3.05, 3.63) is 0 Å². The Morgan fingerprint density at radius 3 is 0.750 bits per heavy atom. The van der Waals surface area contributed by atoms with Gasteiger partial charge in [-0.3, -0.25) is 0 Å². The molecule has 0 atom stereocenters. The molecule has 0 bridgehead atoms. The predicted molar refractivity (Wildman–Crippen MR) is 17.2 cm³/mol. The van der Waals surface area contributed by atoms with E-state index in [2.05, 4.69) is 0 Å². The minimum atomic E-state index is 0. The SMILES string of the molecule is O.O.[Cu].[InH3]. The molecule has 0 saturated carbocycles. The average molecular weight is 217 g/mol. The summed E-state index contributed by atoms with van der Waals surface area (Å²) in [6.07, 6.45) is 0. The molecule has 0 aliphatic carbocycles. The van der Waals surface area contributed by atoms with Gasteiger partial charge in [-0.1, -0.05) is 0 Å². The van der Waals surface area contributed by atoms with Crippen LogP contribution in [0.4, 0.5) is 0 Å². The molecule has 0 aromatic carbocycles. The topological polar surface area (TPSA) is 63.0 Å². The Labute approximate surface area is 53.8 Å². The van der Waals surface area contributed by atoms with Crippen molar-refractivity contribution >= 4 is 25.8 Å². The van der Waals surface area contributed by atoms with Crippen LogP contribution in [0.25, 0.3) is 0 Å². The molecule has 4 heavy (non-hydrogen) atoms. The molecule has 0 aromatic heterocycles. The molecular weight excluding hydrogens is 210 g/mol. The normalized spacial score (nSPS) is 0. The van der Waals surface area contributed by atoms with Crippen LogP contribution in [0, 0.1) is 0 Å². The second-order valence-corrected chi connectivity index (χ2v) is 0. The van der Waals surface area contributed by atoms with Gasteiger partial charge in [0, 0.05) is 17.1 Å². The van der Waals surface area contributed by atoms with Gasteiger partial charge in [-0.2, -0.15) is 0 Å². The maximum absolute atomic E-state index is 0. The van der Waals surface area contributed by atoms with Crippen molar-refractivity contribution in [2.75, 3.05) is 0 Å². The van der Waals surface area contributed by atoms with Gasteiger partial charge in [0.25, 0.3) is 0 Å². The van der Waals surface area contributed by atoms with Gasteiger partial charge in [0.1, 0.15) is 0 Å². The summed E-state index contributed by atoms with van der Waals surface area (Å²) in [7, 11) is 0. The summed E-state index contributed by atoms with van der Waals surface area (Å²) >= 11 is 0. The van der Waals surface area contributed by atoms with Crippen molar-refractivity contribution in [1.82, 2.24) is 0 Å². The van der Waals surface area contributed by atoms with Gasteiger partial charge >= 0.3 is 25.8 Å². The third-order valence-corrected chi connectivity index (χ3v) is 0. The Kier molecular flexibility index (Phi) is 396. The van der Waals surface area contributed by atoms with E-state index < -0.39 is 0 Å². The third kappa shape index (κ3) is 10.3. The molecule has 4 heteroatoms. The number of hydrogen-bond acceptors (Lipinski definition) is 0. The fraction of sp³-hybridized carbons (Fsp3) is 0. The first-order chi connectivity index (χ1) is 0.